The van der Waals surface area contributed by atoms with E-state index >= 15 is 0 Å². The van der Waals surface area contributed by atoms with E-state index in [0.29, 0.717) is 23.1 Å². The van der Waals surface area contributed by atoms with E-state index in [1.807, 2.05) is 48.5 Å². The van der Waals surface area contributed by atoms with Crippen molar-refractivity contribution in [3.63, 3.8) is 0 Å². The Morgan fingerprint density at radius 1 is 1.07 bits per heavy atom. The number of aliphatic imine (C=N–C) groups is 1. The zero-order valence-electron chi connectivity index (χ0n) is 14.1. The van der Waals surface area contributed by atoms with E-state index in [1.54, 1.807) is 18.2 Å². The molecule has 2 heterocycles. The van der Waals surface area contributed by atoms with Gasteiger partial charge in [-0.1, -0.05) is 35.9 Å². The van der Waals surface area contributed by atoms with Gasteiger partial charge < -0.3 is 13.9 Å². The van der Waals surface area contributed by atoms with Crippen LogP contribution in [-0.2, 0) is 16.1 Å². The van der Waals surface area contributed by atoms with Crippen LogP contribution in [0.3, 0.4) is 0 Å². The third-order valence-corrected chi connectivity index (χ3v) is 4.07. The number of hydrogen-bond acceptors (Lipinski definition) is 5. The highest BCUT2D eigenvalue weighted by atomic mass is 35.5. The standard InChI is InChI=1S/C21H14ClNO4/c22-16-4-1-3-15(11-16)13-26-17-8-6-14(7-9-17)12-18-21(24)27-20(23-18)19-5-2-10-25-19/h1-12H,13H2/b18-12-. The fourth-order valence-electron chi connectivity index (χ4n) is 2.53. The van der Waals surface area contributed by atoms with Crippen LogP contribution in [0.25, 0.3) is 6.08 Å². The molecule has 134 valence electrons. The van der Waals surface area contributed by atoms with Gasteiger partial charge in [0.15, 0.2) is 11.5 Å². The van der Waals surface area contributed by atoms with Crippen molar-refractivity contribution >= 4 is 29.5 Å². The molecule has 4 rings (SSSR count). The summed E-state index contributed by atoms with van der Waals surface area (Å²) in [5.41, 5.74) is 2.01. The first-order valence-electron chi connectivity index (χ1n) is 8.21. The molecular weight excluding hydrogens is 366 g/mol. The average molecular weight is 380 g/mol. The van der Waals surface area contributed by atoms with E-state index < -0.39 is 5.97 Å². The van der Waals surface area contributed by atoms with Gasteiger partial charge in [0.05, 0.1) is 6.26 Å². The summed E-state index contributed by atoms with van der Waals surface area (Å²) >= 11 is 5.97. The van der Waals surface area contributed by atoms with Crippen molar-refractivity contribution in [2.24, 2.45) is 4.99 Å². The number of carbonyl (C=O) groups is 1. The number of hydrogen-bond donors (Lipinski definition) is 0. The second-order valence-electron chi connectivity index (χ2n) is 5.80. The number of carbonyl (C=O) groups excluding carboxylic acids is 1. The fourth-order valence-corrected chi connectivity index (χ4v) is 2.74. The Bertz CT molecular complexity index is 1020. The molecule has 0 radical (unpaired) electrons. The van der Waals surface area contributed by atoms with Crippen molar-refractivity contribution in [1.29, 1.82) is 0 Å². The highest BCUT2D eigenvalue weighted by Gasteiger charge is 2.25. The lowest BCUT2D eigenvalue weighted by Crippen LogP contribution is -2.04. The number of furan rings is 1. The zero-order valence-corrected chi connectivity index (χ0v) is 14.8. The Balaban J connectivity index is 1.44. The number of esters is 1. The van der Waals surface area contributed by atoms with Crippen LogP contribution in [0.2, 0.25) is 5.02 Å². The molecule has 5 nitrogen and oxygen atoms in total. The topological polar surface area (TPSA) is 61.0 Å². The average Bonchev–Trinajstić information content (AvgIpc) is 3.32. The van der Waals surface area contributed by atoms with Gasteiger partial charge in [-0.2, -0.15) is 0 Å². The molecule has 0 bridgehead atoms. The van der Waals surface area contributed by atoms with Gasteiger partial charge in [-0.15, -0.1) is 0 Å². The summed E-state index contributed by atoms with van der Waals surface area (Å²) in [6.07, 6.45) is 3.15. The molecule has 0 saturated heterocycles. The first kappa shape index (κ1) is 17.1. The predicted octanol–water partition coefficient (Wildman–Crippen LogP) is 4.86. The minimum atomic E-state index is -0.511. The molecule has 0 amide bonds. The van der Waals surface area contributed by atoms with Crippen LogP contribution in [0.4, 0.5) is 0 Å². The highest BCUT2D eigenvalue weighted by Crippen LogP contribution is 2.21. The predicted molar refractivity (Wildman–Crippen MR) is 102 cm³/mol. The number of halogens is 1. The van der Waals surface area contributed by atoms with E-state index in [-0.39, 0.29) is 11.6 Å². The van der Waals surface area contributed by atoms with Crippen molar-refractivity contribution in [2.45, 2.75) is 6.61 Å². The van der Waals surface area contributed by atoms with E-state index in [2.05, 4.69) is 4.99 Å². The van der Waals surface area contributed by atoms with E-state index in [0.717, 1.165) is 11.1 Å². The number of nitrogens with zero attached hydrogens (tertiary/aromatic N) is 1. The van der Waals surface area contributed by atoms with E-state index in [1.165, 1.54) is 6.26 Å². The summed E-state index contributed by atoms with van der Waals surface area (Å²) < 4.78 is 16.1. The molecule has 1 aliphatic heterocycles. The van der Waals surface area contributed by atoms with Crippen molar-refractivity contribution in [3.8, 4) is 5.75 Å². The molecule has 0 unspecified atom stereocenters. The maximum absolute atomic E-state index is 12.0. The summed E-state index contributed by atoms with van der Waals surface area (Å²) in [6, 6.07) is 18.2. The number of ether oxygens (including phenoxy) is 2. The molecule has 0 fully saturated rings. The zero-order chi connectivity index (χ0) is 18.6. The largest absolute Gasteiger partial charge is 0.489 e. The van der Waals surface area contributed by atoms with Gasteiger partial charge in [0, 0.05) is 5.02 Å². The van der Waals surface area contributed by atoms with Gasteiger partial charge in [0.1, 0.15) is 12.4 Å². The van der Waals surface area contributed by atoms with Crippen LogP contribution < -0.4 is 4.74 Å². The van der Waals surface area contributed by atoms with Crippen LogP contribution in [0.5, 0.6) is 5.75 Å². The molecule has 1 aliphatic rings. The van der Waals surface area contributed by atoms with Crippen LogP contribution in [-0.4, -0.2) is 11.9 Å². The Labute approximate surface area is 160 Å². The molecule has 27 heavy (non-hydrogen) atoms. The Morgan fingerprint density at radius 3 is 2.67 bits per heavy atom. The van der Waals surface area contributed by atoms with E-state index in [9.17, 15) is 4.79 Å². The highest BCUT2D eigenvalue weighted by molar-refractivity contribution is 6.30. The molecule has 0 aliphatic carbocycles. The van der Waals surface area contributed by atoms with Gasteiger partial charge in [-0.05, 0) is 53.6 Å². The monoisotopic (exact) mass is 379 g/mol. The van der Waals surface area contributed by atoms with Crippen LogP contribution >= 0.6 is 11.6 Å². The number of rotatable bonds is 5. The molecule has 6 heteroatoms. The van der Waals surface area contributed by atoms with Crippen molar-refractivity contribution in [2.75, 3.05) is 0 Å². The van der Waals surface area contributed by atoms with Crippen molar-refractivity contribution in [3.05, 3.63) is 94.5 Å². The summed E-state index contributed by atoms with van der Waals surface area (Å²) in [5.74, 6) is 0.780. The van der Waals surface area contributed by atoms with Gasteiger partial charge in [-0.25, -0.2) is 9.79 Å². The Morgan fingerprint density at radius 2 is 1.93 bits per heavy atom. The SMILES string of the molecule is O=C1OC(c2ccco2)=N/C1=C\c1ccc(OCc2cccc(Cl)c2)cc1. The van der Waals surface area contributed by atoms with Crippen molar-refractivity contribution in [1.82, 2.24) is 0 Å². The van der Waals surface area contributed by atoms with Gasteiger partial charge >= 0.3 is 5.97 Å². The lowest BCUT2D eigenvalue weighted by atomic mass is 10.2. The second-order valence-corrected chi connectivity index (χ2v) is 6.24. The molecule has 1 aromatic heterocycles. The van der Waals surface area contributed by atoms with E-state index in [4.69, 9.17) is 25.5 Å². The summed E-state index contributed by atoms with van der Waals surface area (Å²) in [7, 11) is 0. The maximum Gasteiger partial charge on any atom is 0.363 e. The quantitative estimate of drug-likeness (QED) is 0.469. The normalized spacial score (nSPS) is 14.9. The van der Waals surface area contributed by atoms with Crippen LogP contribution in [0.15, 0.2) is 82.0 Å². The second kappa shape index (κ2) is 7.51. The lowest BCUT2D eigenvalue weighted by Gasteiger charge is -2.07. The minimum absolute atomic E-state index is 0.165. The minimum Gasteiger partial charge on any atom is -0.489 e. The third kappa shape index (κ3) is 4.10. The summed E-state index contributed by atoms with van der Waals surface area (Å²) in [6.45, 7) is 0.421. The molecular formula is C21H14ClNO4. The van der Waals surface area contributed by atoms with Crippen LogP contribution in [0.1, 0.15) is 16.9 Å². The Kier molecular flexibility index (Phi) is 4.77. The number of benzene rings is 2. The third-order valence-electron chi connectivity index (χ3n) is 3.83. The molecule has 3 aromatic rings. The summed E-state index contributed by atoms with van der Waals surface area (Å²) in [5, 5.41) is 0.677. The van der Waals surface area contributed by atoms with Crippen molar-refractivity contribution < 1.29 is 18.7 Å². The molecule has 0 N–H and O–H groups in total. The fraction of sp³-hybridized carbons (Fsp3) is 0.0476. The molecule has 0 saturated carbocycles. The maximum atomic E-state index is 12.0. The smallest absolute Gasteiger partial charge is 0.363 e. The van der Waals surface area contributed by atoms with Gasteiger partial charge in [0.25, 0.3) is 5.90 Å². The Hall–Kier alpha value is -3.31. The first-order valence-corrected chi connectivity index (χ1v) is 8.59. The molecule has 0 spiro atoms. The molecule has 0 atom stereocenters. The first-order chi connectivity index (χ1) is 13.2. The van der Waals surface area contributed by atoms with Crippen LogP contribution in [0, 0.1) is 0 Å². The molecule has 2 aromatic carbocycles. The number of cyclic esters (lactones) is 1. The summed E-state index contributed by atoms with van der Waals surface area (Å²) in [4.78, 5) is 16.1. The lowest BCUT2D eigenvalue weighted by molar-refractivity contribution is -0.130. The van der Waals surface area contributed by atoms with Gasteiger partial charge in [0.2, 0.25) is 0 Å². The van der Waals surface area contributed by atoms with Gasteiger partial charge in [-0.3, -0.25) is 0 Å².